The Morgan fingerprint density at radius 2 is 1.03 bits per heavy atom. The van der Waals surface area contributed by atoms with E-state index in [1.54, 1.807) is 30.3 Å². The zero-order valence-corrected chi connectivity index (χ0v) is 37.2. The van der Waals surface area contributed by atoms with Gasteiger partial charge in [-0.1, -0.05) is 35.3 Å². The number of aliphatic hydroxyl groups excluding tert-OH is 1. The van der Waals surface area contributed by atoms with Gasteiger partial charge in [0.05, 0.1) is 80.7 Å². The van der Waals surface area contributed by atoms with Gasteiger partial charge in [-0.15, -0.1) is 0 Å². The number of nitrogens with zero attached hydrogens (tertiary/aromatic N) is 6. The van der Waals surface area contributed by atoms with E-state index in [4.69, 9.17) is 47.3 Å². The number of carbonyl (C=O) groups excluding carboxylic acids is 2. The van der Waals surface area contributed by atoms with Crippen LogP contribution in [0, 0.1) is 0 Å². The summed E-state index contributed by atoms with van der Waals surface area (Å²) in [6.45, 7) is -0.269. The van der Waals surface area contributed by atoms with E-state index in [0.29, 0.717) is 44.2 Å². The highest BCUT2D eigenvalue weighted by Crippen LogP contribution is 2.41. The van der Waals surface area contributed by atoms with Crippen molar-refractivity contribution >= 4 is 80.1 Å². The Labute approximate surface area is 401 Å². The van der Waals surface area contributed by atoms with Crippen molar-refractivity contribution in [2.75, 3.05) is 41.0 Å². The second-order valence-electron chi connectivity index (χ2n) is 14.6. The molecule has 0 fully saturated rings. The van der Waals surface area contributed by atoms with Gasteiger partial charge in [-0.2, -0.15) is 36.4 Å². The third kappa shape index (κ3) is 11.2. The Balaban J connectivity index is 1.16. The number of hydrogen-bond acceptors (Lipinski definition) is 11. The molecule has 8 rings (SSSR count). The Morgan fingerprint density at radius 3 is 1.47 bits per heavy atom. The second-order valence-corrected chi connectivity index (χ2v) is 15.4. The monoisotopic (exact) mass is 1000 g/mol. The highest BCUT2D eigenvalue weighted by molar-refractivity contribution is 6.32. The van der Waals surface area contributed by atoms with Crippen LogP contribution in [0.25, 0.3) is 22.1 Å². The molecular formula is C47H32Cl2F6N8O7. The molecule has 15 nitrogen and oxygen atoms in total. The lowest BCUT2D eigenvalue weighted by molar-refractivity contribution is -0.138. The minimum atomic E-state index is -5.11. The van der Waals surface area contributed by atoms with Crippen LogP contribution in [0.5, 0.6) is 34.8 Å². The number of alkyl halides is 6. The maximum Gasteiger partial charge on any atom is 0.417 e. The molecule has 23 heteroatoms. The average Bonchev–Trinajstić information content (AvgIpc) is 3.32. The number of anilines is 4. The van der Waals surface area contributed by atoms with E-state index in [0.717, 1.165) is 24.3 Å². The first-order valence-electron chi connectivity index (χ1n) is 20.3. The number of amides is 4. The third-order valence-corrected chi connectivity index (χ3v) is 10.4. The lowest BCUT2D eigenvalue weighted by Crippen LogP contribution is -2.54. The van der Waals surface area contributed by atoms with Gasteiger partial charge in [0.25, 0.3) is 0 Å². The van der Waals surface area contributed by atoms with E-state index in [2.05, 4.69) is 30.6 Å². The van der Waals surface area contributed by atoms with Crippen LogP contribution in [-0.4, -0.2) is 57.4 Å². The molecular weight excluding hydrogens is 973 g/mol. The van der Waals surface area contributed by atoms with Crippen LogP contribution in [0.3, 0.4) is 0 Å². The number of fused-ring (bicyclic) bond motifs is 2. The van der Waals surface area contributed by atoms with Crippen molar-refractivity contribution in [3.8, 4) is 34.8 Å². The number of aliphatic hydroxyl groups is 1. The van der Waals surface area contributed by atoms with Crippen molar-refractivity contribution < 1.29 is 60.0 Å². The molecule has 0 saturated carbocycles. The normalized spacial score (nSPS) is 11.5. The lowest BCUT2D eigenvalue weighted by Gasteiger charge is -2.35. The molecule has 0 bridgehead atoms. The van der Waals surface area contributed by atoms with Crippen molar-refractivity contribution in [1.29, 1.82) is 0 Å². The molecule has 6 aromatic carbocycles. The molecule has 0 atom stereocenters. The SMILES string of the molecule is COc1cnc2ccc(Oc3cccc(NC(=O)N(c4ccc(Cl)c(C(F)(F)F)c4)N(C(=O)Nc4cccc(Oc5ccc6ncc(OCCO)nc6c5)c4)c4ccc(Cl)c(C(F)(F)F)c4)c3)cc2n1. The van der Waals surface area contributed by atoms with Crippen molar-refractivity contribution in [2.45, 2.75) is 12.4 Å². The topological polar surface area (TPSA) is 173 Å². The Morgan fingerprint density at radius 1 is 0.586 bits per heavy atom. The fourth-order valence-electron chi connectivity index (χ4n) is 6.66. The fourth-order valence-corrected chi connectivity index (χ4v) is 7.11. The quantitative estimate of drug-likeness (QED) is 0.0785. The Kier molecular flexibility index (Phi) is 14.0. The molecule has 0 aliphatic carbocycles. The van der Waals surface area contributed by atoms with Gasteiger partial charge in [0.2, 0.25) is 11.8 Å². The molecule has 358 valence electrons. The number of nitrogens with one attached hydrogen (secondary N) is 2. The van der Waals surface area contributed by atoms with E-state index >= 15 is 0 Å². The number of methoxy groups -OCH3 is 1. The smallest absolute Gasteiger partial charge is 0.417 e. The summed E-state index contributed by atoms with van der Waals surface area (Å²) >= 11 is 12.0. The van der Waals surface area contributed by atoms with Crippen LogP contribution >= 0.6 is 23.2 Å². The number of aromatic nitrogens is 4. The van der Waals surface area contributed by atoms with Crippen LogP contribution in [0.4, 0.5) is 58.7 Å². The molecule has 2 aromatic heterocycles. The molecule has 0 saturated heterocycles. The number of ether oxygens (including phenoxy) is 4. The van der Waals surface area contributed by atoms with Gasteiger partial charge >= 0.3 is 24.4 Å². The summed E-state index contributed by atoms with van der Waals surface area (Å²) in [6.07, 6.45) is -7.40. The van der Waals surface area contributed by atoms with Crippen molar-refractivity contribution in [3.05, 3.63) is 155 Å². The van der Waals surface area contributed by atoms with E-state index in [9.17, 15) is 35.9 Å². The van der Waals surface area contributed by atoms with Gasteiger partial charge in [-0.25, -0.2) is 29.5 Å². The van der Waals surface area contributed by atoms with Crippen LogP contribution in [-0.2, 0) is 12.4 Å². The first kappa shape index (κ1) is 48.3. The molecule has 8 aromatic rings. The van der Waals surface area contributed by atoms with E-state index in [1.165, 1.54) is 74.1 Å². The van der Waals surface area contributed by atoms with Gasteiger partial charge in [-0.05, 0) is 84.9 Å². The average molecular weight is 1010 g/mol. The van der Waals surface area contributed by atoms with Crippen LogP contribution in [0.15, 0.2) is 134 Å². The summed E-state index contributed by atoms with van der Waals surface area (Å²) in [7, 11) is 1.43. The zero-order valence-electron chi connectivity index (χ0n) is 35.7. The maximum absolute atomic E-state index is 14.7. The summed E-state index contributed by atoms with van der Waals surface area (Å²) in [4.78, 5) is 46.6. The predicted molar refractivity (Wildman–Crippen MR) is 247 cm³/mol. The van der Waals surface area contributed by atoms with Crippen LogP contribution < -0.4 is 39.6 Å². The third-order valence-electron chi connectivity index (χ3n) is 9.76. The number of rotatable bonds is 12. The van der Waals surface area contributed by atoms with E-state index < -0.39 is 57.0 Å². The molecule has 0 aliphatic heterocycles. The van der Waals surface area contributed by atoms with Crippen LogP contribution in [0.2, 0.25) is 10.0 Å². The van der Waals surface area contributed by atoms with E-state index in [1.807, 2.05) is 0 Å². The van der Waals surface area contributed by atoms with Gasteiger partial charge < -0.3 is 34.7 Å². The minimum Gasteiger partial charge on any atom is -0.480 e. The first-order chi connectivity index (χ1) is 33.4. The van der Waals surface area contributed by atoms with Gasteiger partial charge in [-0.3, -0.25) is 0 Å². The largest absolute Gasteiger partial charge is 0.480 e. The molecule has 3 N–H and O–H groups in total. The fraction of sp³-hybridized carbons (Fsp3) is 0.106. The number of hydrogen-bond donors (Lipinski definition) is 3. The number of carbonyl (C=O) groups is 2. The summed E-state index contributed by atoms with van der Waals surface area (Å²) in [5.74, 6) is 1.19. The lowest BCUT2D eigenvalue weighted by atomic mass is 10.1. The summed E-state index contributed by atoms with van der Waals surface area (Å²) < 4.78 is 109. The second kappa shape index (κ2) is 20.2. The zero-order chi connectivity index (χ0) is 49.7. The Bertz CT molecular complexity index is 3260. The highest BCUT2D eigenvalue weighted by Gasteiger charge is 2.39. The maximum atomic E-state index is 14.7. The summed E-state index contributed by atoms with van der Waals surface area (Å²) in [6, 6.07) is 22.6. The molecule has 70 heavy (non-hydrogen) atoms. The highest BCUT2D eigenvalue weighted by atomic mass is 35.5. The summed E-state index contributed by atoms with van der Waals surface area (Å²) in [5.41, 5.74) is -2.51. The van der Waals surface area contributed by atoms with Gasteiger partial charge in [0.1, 0.15) is 29.6 Å². The van der Waals surface area contributed by atoms with Crippen molar-refractivity contribution in [1.82, 2.24) is 19.9 Å². The Hall–Kier alpha value is -8.14. The first-order valence-corrected chi connectivity index (χ1v) is 21.0. The van der Waals surface area contributed by atoms with Crippen molar-refractivity contribution in [2.24, 2.45) is 0 Å². The molecule has 0 aliphatic rings. The molecule has 2 heterocycles. The predicted octanol–water partition coefficient (Wildman–Crippen LogP) is 12.6. The number of urea groups is 2. The molecule has 0 unspecified atom stereocenters. The van der Waals surface area contributed by atoms with Gasteiger partial charge in [0, 0.05) is 35.6 Å². The molecule has 0 spiro atoms. The standard InChI is InChI=1S/C47H32Cl2F6N8O7/c1-67-42-24-56-38-14-10-32(22-40(38)60-42)69-30-6-2-4-26(18-30)58-44(65)62(28-8-12-36(48)34(20-28)46(50,51)52)63(29-9-13-37(49)35(21-29)47(53,54)55)45(66)59-27-5-3-7-31(19-27)70-33-11-15-39-41(23-33)61-43(25-57-39)68-17-16-64/h2-15,18-25,64H,16-17H2,1H3,(H,58,65)(H,59,66). The minimum absolute atomic E-state index is 0.0187. The summed E-state index contributed by atoms with van der Waals surface area (Å²) in [5, 5.41) is 13.3. The van der Waals surface area contributed by atoms with E-state index in [-0.39, 0.29) is 59.3 Å². The van der Waals surface area contributed by atoms with Gasteiger partial charge in [0.15, 0.2) is 0 Å². The van der Waals surface area contributed by atoms with Crippen molar-refractivity contribution in [3.63, 3.8) is 0 Å². The molecule has 4 amide bonds. The number of hydrazine groups is 1. The number of benzene rings is 6. The van der Waals surface area contributed by atoms with Crippen LogP contribution in [0.1, 0.15) is 11.1 Å². The number of halogens is 8. The molecule has 0 radical (unpaired) electrons.